The van der Waals surface area contributed by atoms with Crippen molar-refractivity contribution in [3.63, 3.8) is 0 Å². The number of amides is 1. The van der Waals surface area contributed by atoms with Crippen molar-refractivity contribution in [2.24, 2.45) is 5.92 Å². The molecule has 1 amide bonds. The van der Waals surface area contributed by atoms with E-state index in [0.29, 0.717) is 31.7 Å². The smallest absolute Gasteiger partial charge is 0.239 e. The number of halogens is 1. The minimum absolute atomic E-state index is 0.00191. The van der Waals surface area contributed by atoms with Crippen LogP contribution in [-0.4, -0.2) is 42.6 Å². The van der Waals surface area contributed by atoms with Gasteiger partial charge in [0.25, 0.3) is 0 Å². The third-order valence-electron chi connectivity index (χ3n) is 5.78. The molecule has 2 aliphatic heterocycles. The Kier molecular flexibility index (Phi) is 4.79. The minimum Gasteiger partial charge on any atom is -0.370 e. The summed E-state index contributed by atoms with van der Waals surface area (Å²) < 4.78 is 5.88. The number of nitrogens with one attached hydrogen (secondary N) is 1. The summed E-state index contributed by atoms with van der Waals surface area (Å²) >= 11 is 5.96. The molecule has 1 aromatic carbocycles. The molecule has 4 rings (SSSR count). The maximum absolute atomic E-state index is 13.0. The van der Waals surface area contributed by atoms with Crippen molar-refractivity contribution in [2.45, 2.75) is 50.3 Å². The lowest BCUT2D eigenvalue weighted by atomic mass is 9.85. The summed E-state index contributed by atoms with van der Waals surface area (Å²) in [5, 5.41) is 4.33. The summed E-state index contributed by atoms with van der Waals surface area (Å²) in [4.78, 5) is 14.9. The lowest BCUT2D eigenvalue weighted by molar-refractivity contribution is -0.141. The molecule has 2 heterocycles. The molecule has 0 spiro atoms. The fourth-order valence-electron chi connectivity index (χ4n) is 4.46. The fourth-order valence-corrected chi connectivity index (χ4v) is 4.59. The van der Waals surface area contributed by atoms with Crippen molar-refractivity contribution in [2.75, 3.05) is 19.7 Å². The first kappa shape index (κ1) is 16.4. The Morgan fingerprint density at radius 3 is 2.79 bits per heavy atom. The van der Waals surface area contributed by atoms with Crippen molar-refractivity contribution in [3.05, 3.63) is 34.9 Å². The number of rotatable bonds is 2. The van der Waals surface area contributed by atoms with Crippen LogP contribution in [0.4, 0.5) is 0 Å². The van der Waals surface area contributed by atoms with Gasteiger partial charge in [0.05, 0.1) is 19.2 Å². The van der Waals surface area contributed by atoms with E-state index in [1.807, 2.05) is 29.2 Å². The first-order valence-corrected chi connectivity index (χ1v) is 9.50. The second kappa shape index (κ2) is 7.03. The van der Waals surface area contributed by atoms with Gasteiger partial charge < -0.3 is 15.0 Å². The van der Waals surface area contributed by atoms with Crippen molar-refractivity contribution in [3.8, 4) is 0 Å². The first-order chi connectivity index (χ1) is 11.7. The molecule has 0 radical (unpaired) electrons. The van der Waals surface area contributed by atoms with Crippen LogP contribution in [0.3, 0.4) is 0 Å². The van der Waals surface area contributed by atoms with Crippen LogP contribution in [0.2, 0.25) is 5.02 Å². The number of nitrogens with zero attached hydrogens (tertiary/aromatic N) is 1. The van der Waals surface area contributed by atoms with Gasteiger partial charge in [0.1, 0.15) is 6.10 Å². The van der Waals surface area contributed by atoms with Gasteiger partial charge in [-0.25, -0.2) is 0 Å². The van der Waals surface area contributed by atoms with Gasteiger partial charge in [-0.15, -0.1) is 0 Å². The van der Waals surface area contributed by atoms with E-state index in [9.17, 15) is 4.79 Å². The van der Waals surface area contributed by atoms with Crippen LogP contribution in [-0.2, 0) is 9.53 Å². The highest BCUT2D eigenvalue weighted by Crippen LogP contribution is 2.34. The van der Waals surface area contributed by atoms with Gasteiger partial charge in [-0.1, -0.05) is 36.6 Å². The molecular formula is C19H25ClN2O2. The Morgan fingerprint density at radius 1 is 1.21 bits per heavy atom. The summed E-state index contributed by atoms with van der Waals surface area (Å²) in [7, 11) is 0. The minimum atomic E-state index is -0.0522. The predicted octanol–water partition coefficient (Wildman–Crippen LogP) is 3.16. The topological polar surface area (TPSA) is 41.6 Å². The zero-order valence-electron chi connectivity index (χ0n) is 13.9. The van der Waals surface area contributed by atoms with E-state index in [-0.39, 0.29) is 18.1 Å². The monoisotopic (exact) mass is 348 g/mol. The zero-order valence-corrected chi connectivity index (χ0v) is 14.7. The molecule has 130 valence electrons. The van der Waals surface area contributed by atoms with Gasteiger partial charge in [0.2, 0.25) is 5.91 Å². The second-order valence-corrected chi connectivity index (χ2v) is 7.74. The van der Waals surface area contributed by atoms with Crippen LogP contribution in [0.15, 0.2) is 24.3 Å². The largest absolute Gasteiger partial charge is 0.370 e. The van der Waals surface area contributed by atoms with Crippen LogP contribution in [0.25, 0.3) is 0 Å². The molecule has 1 N–H and O–H groups in total. The molecule has 5 heteroatoms. The Labute approximate surface area is 148 Å². The number of carbonyl (C=O) groups is 1. The molecule has 24 heavy (non-hydrogen) atoms. The summed E-state index contributed by atoms with van der Waals surface area (Å²) in [5.41, 5.74) is 1.09. The van der Waals surface area contributed by atoms with Crippen molar-refractivity contribution in [1.82, 2.24) is 10.2 Å². The summed E-state index contributed by atoms with van der Waals surface area (Å²) in [6.45, 7) is 1.92. The average Bonchev–Trinajstić information content (AvgIpc) is 3.06. The van der Waals surface area contributed by atoms with E-state index >= 15 is 0 Å². The van der Waals surface area contributed by atoms with Crippen LogP contribution < -0.4 is 5.32 Å². The molecule has 0 bridgehead atoms. The van der Waals surface area contributed by atoms with Crippen molar-refractivity contribution < 1.29 is 9.53 Å². The number of fused-ring (bicyclic) bond motifs is 1. The maximum Gasteiger partial charge on any atom is 0.239 e. The van der Waals surface area contributed by atoms with Crippen LogP contribution in [0.1, 0.15) is 43.8 Å². The number of ether oxygens (including phenoxy) is 1. The molecule has 4 atom stereocenters. The quantitative estimate of drug-likeness (QED) is 0.892. The van der Waals surface area contributed by atoms with Gasteiger partial charge in [0, 0.05) is 17.6 Å². The van der Waals surface area contributed by atoms with Crippen LogP contribution >= 0.6 is 11.6 Å². The molecule has 4 unspecified atom stereocenters. The lowest BCUT2D eigenvalue weighted by Gasteiger charge is -2.34. The molecule has 0 aromatic heterocycles. The number of hydrogen-bond donors (Lipinski definition) is 1. The summed E-state index contributed by atoms with van der Waals surface area (Å²) in [5.74, 6) is 0.951. The SMILES string of the molecule is O=C(C1CC2CCCCC2N1)N1CCOC(c2ccc(Cl)cc2)C1. The molecule has 3 fully saturated rings. The Morgan fingerprint density at radius 2 is 2.00 bits per heavy atom. The molecule has 1 saturated carbocycles. The lowest BCUT2D eigenvalue weighted by Crippen LogP contribution is -2.50. The highest BCUT2D eigenvalue weighted by molar-refractivity contribution is 6.30. The van der Waals surface area contributed by atoms with E-state index in [0.717, 1.165) is 17.0 Å². The second-order valence-electron chi connectivity index (χ2n) is 7.30. The standard InChI is InChI=1S/C19H25ClN2O2/c20-15-7-5-13(6-8-15)18-12-22(9-10-24-18)19(23)17-11-14-3-1-2-4-16(14)21-17/h5-8,14,16-18,21H,1-4,9-12H2. The van der Waals surface area contributed by atoms with E-state index in [1.165, 1.54) is 25.7 Å². The Balaban J connectivity index is 1.40. The highest BCUT2D eigenvalue weighted by atomic mass is 35.5. The van der Waals surface area contributed by atoms with Gasteiger partial charge in [0.15, 0.2) is 0 Å². The van der Waals surface area contributed by atoms with E-state index in [1.54, 1.807) is 0 Å². The molecule has 1 aliphatic carbocycles. The Bertz CT molecular complexity index is 578. The molecular weight excluding hydrogens is 324 g/mol. The number of benzene rings is 1. The summed E-state index contributed by atoms with van der Waals surface area (Å²) in [6, 6.07) is 8.30. The van der Waals surface area contributed by atoms with E-state index in [4.69, 9.17) is 16.3 Å². The fraction of sp³-hybridized carbons (Fsp3) is 0.632. The number of hydrogen-bond acceptors (Lipinski definition) is 3. The predicted molar refractivity (Wildman–Crippen MR) is 94.0 cm³/mol. The number of morpholine rings is 1. The molecule has 2 saturated heterocycles. The van der Waals surface area contributed by atoms with Gasteiger partial charge in [-0.05, 0) is 42.9 Å². The molecule has 1 aromatic rings. The van der Waals surface area contributed by atoms with Crippen LogP contribution in [0, 0.1) is 5.92 Å². The maximum atomic E-state index is 13.0. The third-order valence-corrected chi connectivity index (χ3v) is 6.03. The van der Waals surface area contributed by atoms with Crippen molar-refractivity contribution >= 4 is 17.5 Å². The third kappa shape index (κ3) is 3.32. The van der Waals surface area contributed by atoms with Crippen LogP contribution in [0.5, 0.6) is 0 Å². The zero-order chi connectivity index (χ0) is 16.5. The Hall–Kier alpha value is -1.10. The first-order valence-electron chi connectivity index (χ1n) is 9.12. The van der Waals surface area contributed by atoms with E-state index in [2.05, 4.69) is 5.32 Å². The highest BCUT2D eigenvalue weighted by Gasteiger charge is 2.40. The normalized spacial score (nSPS) is 33.3. The van der Waals surface area contributed by atoms with Gasteiger partial charge in [-0.2, -0.15) is 0 Å². The van der Waals surface area contributed by atoms with Gasteiger partial charge >= 0.3 is 0 Å². The molecule has 4 nitrogen and oxygen atoms in total. The van der Waals surface area contributed by atoms with Gasteiger partial charge in [-0.3, -0.25) is 4.79 Å². The molecule has 3 aliphatic rings. The van der Waals surface area contributed by atoms with E-state index < -0.39 is 0 Å². The average molecular weight is 349 g/mol. The summed E-state index contributed by atoms with van der Waals surface area (Å²) in [6.07, 6.45) is 6.07. The number of carbonyl (C=O) groups excluding carboxylic acids is 1. The van der Waals surface area contributed by atoms with Crippen molar-refractivity contribution in [1.29, 1.82) is 0 Å².